The first-order valence-corrected chi connectivity index (χ1v) is 5.52. The third kappa shape index (κ3) is 1.21. The summed E-state index contributed by atoms with van der Waals surface area (Å²) < 4.78 is 4.36. The number of hydrogen-bond donors (Lipinski definition) is 1. The van der Waals surface area contributed by atoms with E-state index in [0.29, 0.717) is 6.04 Å². The fraction of sp³-hybridized carbons (Fsp3) is 0.182. The van der Waals surface area contributed by atoms with Crippen molar-refractivity contribution in [3.05, 3.63) is 47.0 Å². The molecule has 2 nitrogen and oxygen atoms in total. The van der Waals surface area contributed by atoms with Crippen molar-refractivity contribution in [3.63, 3.8) is 0 Å². The zero-order chi connectivity index (χ0) is 9.38. The number of nitrogens with zero attached hydrogens (tertiary/aromatic N) is 1. The number of benzene rings is 1. The normalized spacial score (nSPS) is 19.0. The van der Waals surface area contributed by atoms with Crippen LogP contribution in [0.3, 0.4) is 0 Å². The molecular weight excluding hydrogens is 192 g/mol. The Hall–Kier alpha value is -1.35. The summed E-state index contributed by atoms with van der Waals surface area (Å²) in [5.41, 5.74) is 3.81. The molecule has 0 amide bonds. The molecule has 2 heterocycles. The van der Waals surface area contributed by atoms with E-state index in [-0.39, 0.29) is 0 Å². The van der Waals surface area contributed by atoms with Crippen LogP contribution in [0.2, 0.25) is 0 Å². The second-order valence-electron chi connectivity index (χ2n) is 3.48. The molecule has 1 atom stereocenters. The molecular formula is C11H10N2S. The molecule has 0 saturated heterocycles. The molecule has 1 unspecified atom stereocenters. The van der Waals surface area contributed by atoms with E-state index in [9.17, 15) is 0 Å². The maximum Gasteiger partial charge on any atom is 0.0768 e. The third-order valence-corrected chi connectivity index (χ3v) is 3.16. The van der Waals surface area contributed by atoms with E-state index in [0.717, 1.165) is 12.1 Å². The number of hydrogen-bond acceptors (Lipinski definition) is 3. The Morgan fingerprint density at radius 1 is 1.29 bits per heavy atom. The summed E-state index contributed by atoms with van der Waals surface area (Å²) in [7, 11) is 0. The van der Waals surface area contributed by atoms with Crippen LogP contribution >= 0.6 is 11.5 Å². The van der Waals surface area contributed by atoms with Gasteiger partial charge in [-0.05, 0) is 29.2 Å². The topological polar surface area (TPSA) is 24.9 Å². The summed E-state index contributed by atoms with van der Waals surface area (Å²) in [5.74, 6) is 0. The first-order valence-electron chi connectivity index (χ1n) is 4.68. The molecule has 1 aromatic carbocycles. The van der Waals surface area contributed by atoms with Crippen LogP contribution in [0.25, 0.3) is 0 Å². The Morgan fingerprint density at radius 2 is 2.21 bits per heavy atom. The van der Waals surface area contributed by atoms with Gasteiger partial charge in [0.1, 0.15) is 0 Å². The molecule has 0 radical (unpaired) electrons. The van der Waals surface area contributed by atoms with Gasteiger partial charge in [0, 0.05) is 17.5 Å². The lowest BCUT2D eigenvalue weighted by Gasteiger charge is -2.06. The van der Waals surface area contributed by atoms with E-state index in [4.69, 9.17) is 0 Å². The minimum atomic E-state index is 0.374. The van der Waals surface area contributed by atoms with Crippen LogP contribution in [0.15, 0.2) is 35.7 Å². The summed E-state index contributed by atoms with van der Waals surface area (Å²) in [4.78, 5) is 0. The van der Waals surface area contributed by atoms with Crippen molar-refractivity contribution in [2.24, 2.45) is 0 Å². The highest BCUT2D eigenvalue weighted by Crippen LogP contribution is 2.33. The van der Waals surface area contributed by atoms with Crippen LogP contribution in [0.1, 0.15) is 17.3 Å². The highest BCUT2D eigenvalue weighted by molar-refractivity contribution is 7.03. The minimum absolute atomic E-state index is 0.374. The summed E-state index contributed by atoms with van der Waals surface area (Å²) in [6.07, 6.45) is 1.06. The number of nitrogens with one attached hydrogen (secondary N) is 1. The highest BCUT2D eigenvalue weighted by atomic mass is 32.1. The van der Waals surface area contributed by atoms with E-state index in [1.54, 1.807) is 0 Å². The molecule has 70 valence electrons. The van der Waals surface area contributed by atoms with E-state index in [1.807, 2.05) is 5.38 Å². The first kappa shape index (κ1) is 8.00. The second-order valence-corrected chi connectivity index (χ2v) is 4.15. The van der Waals surface area contributed by atoms with Crippen LogP contribution in [-0.2, 0) is 6.42 Å². The van der Waals surface area contributed by atoms with E-state index >= 15 is 0 Å². The van der Waals surface area contributed by atoms with Gasteiger partial charge in [-0.25, -0.2) is 0 Å². The number of anilines is 1. The maximum atomic E-state index is 4.36. The molecule has 0 bridgehead atoms. The number of rotatable bonds is 1. The molecule has 1 aromatic heterocycles. The molecule has 0 saturated carbocycles. The zero-order valence-corrected chi connectivity index (χ0v) is 8.42. The maximum absolute atomic E-state index is 4.36. The van der Waals surface area contributed by atoms with Gasteiger partial charge in [0.05, 0.1) is 11.7 Å². The Labute approximate surface area is 86.8 Å². The Balaban J connectivity index is 1.92. The molecule has 0 fully saturated rings. The van der Waals surface area contributed by atoms with Gasteiger partial charge < -0.3 is 5.32 Å². The number of fused-ring (bicyclic) bond motifs is 1. The van der Waals surface area contributed by atoms with E-state index < -0.39 is 0 Å². The van der Waals surface area contributed by atoms with Crippen LogP contribution in [-0.4, -0.2) is 4.37 Å². The van der Waals surface area contributed by atoms with Crippen molar-refractivity contribution in [2.75, 3.05) is 5.32 Å². The van der Waals surface area contributed by atoms with Crippen LogP contribution < -0.4 is 5.32 Å². The smallest absolute Gasteiger partial charge is 0.0768 e. The van der Waals surface area contributed by atoms with Crippen molar-refractivity contribution in [1.82, 2.24) is 4.37 Å². The molecule has 3 rings (SSSR count). The molecule has 2 aromatic rings. The van der Waals surface area contributed by atoms with Crippen molar-refractivity contribution < 1.29 is 0 Å². The molecule has 3 heteroatoms. The molecule has 14 heavy (non-hydrogen) atoms. The monoisotopic (exact) mass is 202 g/mol. The van der Waals surface area contributed by atoms with Gasteiger partial charge >= 0.3 is 0 Å². The SMILES string of the molecule is c1ccc2c(c1)CC(c1ccsn1)N2. The predicted octanol–water partition coefficient (Wildman–Crippen LogP) is 2.85. The summed E-state index contributed by atoms with van der Waals surface area (Å²) in [6.45, 7) is 0. The van der Waals surface area contributed by atoms with E-state index in [1.165, 1.54) is 22.8 Å². The highest BCUT2D eigenvalue weighted by Gasteiger charge is 2.22. The van der Waals surface area contributed by atoms with Crippen molar-refractivity contribution >= 4 is 17.2 Å². The van der Waals surface area contributed by atoms with Gasteiger partial charge in [-0.1, -0.05) is 18.2 Å². The van der Waals surface area contributed by atoms with Crippen molar-refractivity contribution in [3.8, 4) is 0 Å². The summed E-state index contributed by atoms with van der Waals surface area (Å²) in [5, 5.41) is 5.51. The van der Waals surface area contributed by atoms with Crippen molar-refractivity contribution in [2.45, 2.75) is 12.5 Å². The lowest BCUT2D eigenvalue weighted by molar-refractivity contribution is 0.803. The number of para-hydroxylation sites is 1. The largest absolute Gasteiger partial charge is 0.376 e. The number of aromatic nitrogens is 1. The molecule has 1 aliphatic rings. The lowest BCUT2D eigenvalue weighted by Crippen LogP contribution is -2.05. The van der Waals surface area contributed by atoms with Gasteiger partial charge in [0.15, 0.2) is 0 Å². The van der Waals surface area contributed by atoms with Crippen LogP contribution in [0.5, 0.6) is 0 Å². The van der Waals surface area contributed by atoms with Crippen LogP contribution in [0.4, 0.5) is 5.69 Å². The third-order valence-electron chi connectivity index (χ3n) is 2.59. The average molecular weight is 202 g/mol. The molecule has 0 aliphatic carbocycles. The van der Waals surface area contributed by atoms with Gasteiger partial charge in [0.2, 0.25) is 0 Å². The van der Waals surface area contributed by atoms with Gasteiger partial charge in [-0.2, -0.15) is 4.37 Å². The van der Waals surface area contributed by atoms with Crippen molar-refractivity contribution in [1.29, 1.82) is 0 Å². The first-order chi connectivity index (χ1) is 6.93. The van der Waals surface area contributed by atoms with Gasteiger partial charge in [-0.15, -0.1) is 0 Å². The Bertz CT molecular complexity index is 411. The quantitative estimate of drug-likeness (QED) is 0.769. The Morgan fingerprint density at radius 3 is 3.00 bits per heavy atom. The lowest BCUT2D eigenvalue weighted by atomic mass is 10.1. The summed E-state index contributed by atoms with van der Waals surface area (Å²) in [6, 6.07) is 10.9. The fourth-order valence-corrected chi connectivity index (χ4v) is 2.45. The van der Waals surface area contributed by atoms with Gasteiger partial charge in [-0.3, -0.25) is 0 Å². The second kappa shape index (κ2) is 3.10. The zero-order valence-electron chi connectivity index (χ0n) is 7.60. The minimum Gasteiger partial charge on any atom is -0.376 e. The average Bonchev–Trinajstić information content (AvgIpc) is 2.86. The fourth-order valence-electron chi connectivity index (χ4n) is 1.88. The molecule has 1 N–H and O–H groups in total. The Kier molecular flexibility index (Phi) is 1.77. The summed E-state index contributed by atoms with van der Waals surface area (Å²) >= 11 is 1.52. The van der Waals surface area contributed by atoms with E-state index in [2.05, 4.69) is 40.0 Å². The predicted molar refractivity (Wildman–Crippen MR) is 58.6 cm³/mol. The standard InChI is InChI=1S/C11H10N2S/c1-2-4-9-8(3-1)7-11(12-9)10-5-6-14-13-10/h1-6,11-12H,7H2. The van der Waals surface area contributed by atoms with Gasteiger partial charge in [0.25, 0.3) is 0 Å². The van der Waals surface area contributed by atoms with Crippen LogP contribution in [0, 0.1) is 0 Å². The molecule has 1 aliphatic heterocycles. The molecule has 0 spiro atoms.